The highest BCUT2D eigenvalue weighted by Crippen LogP contribution is 2.27. The number of hydrogen-bond acceptors (Lipinski definition) is 4. The van der Waals surface area contributed by atoms with Gasteiger partial charge in [0, 0.05) is 18.8 Å². The molecule has 0 unspecified atom stereocenters. The number of sulfonamides is 1. The van der Waals surface area contributed by atoms with E-state index >= 15 is 0 Å². The Balaban J connectivity index is 2.40. The molecule has 0 aliphatic rings. The van der Waals surface area contributed by atoms with Gasteiger partial charge in [0.05, 0.1) is 16.1 Å². The summed E-state index contributed by atoms with van der Waals surface area (Å²) >= 11 is 0. The van der Waals surface area contributed by atoms with E-state index in [1.165, 1.54) is 24.3 Å². The maximum Gasteiger partial charge on any atom is 0.337 e. The van der Waals surface area contributed by atoms with Gasteiger partial charge in [0.2, 0.25) is 0 Å². The minimum Gasteiger partial charge on any atom is -0.478 e. The molecule has 0 aromatic heterocycles. The van der Waals surface area contributed by atoms with Gasteiger partial charge in [0.25, 0.3) is 10.0 Å². The maximum atomic E-state index is 13.5. The number of benzene rings is 2. The second kappa shape index (κ2) is 9.05. The van der Waals surface area contributed by atoms with Crippen LogP contribution in [0.5, 0.6) is 0 Å². The largest absolute Gasteiger partial charge is 0.478 e. The normalized spacial score (nSPS) is 11.3. The molecule has 2 rings (SSSR count). The molecule has 0 aliphatic heterocycles. The summed E-state index contributed by atoms with van der Waals surface area (Å²) in [7, 11) is -4.06. The Kier molecular flexibility index (Phi) is 7.01. The van der Waals surface area contributed by atoms with E-state index in [-0.39, 0.29) is 16.1 Å². The van der Waals surface area contributed by atoms with Gasteiger partial charge in [-0.15, -0.1) is 0 Å². The zero-order valence-electron chi connectivity index (χ0n) is 16.2. The van der Waals surface area contributed by atoms with Gasteiger partial charge in [0.15, 0.2) is 0 Å². The molecule has 0 radical (unpaired) electrons. The van der Waals surface area contributed by atoms with E-state index < -0.39 is 21.8 Å². The average molecular weight is 408 g/mol. The van der Waals surface area contributed by atoms with Gasteiger partial charge in [0.1, 0.15) is 5.82 Å². The van der Waals surface area contributed by atoms with E-state index in [0.717, 1.165) is 18.9 Å². The molecule has 0 spiro atoms. The number of anilines is 2. The summed E-state index contributed by atoms with van der Waals surface area (Å²) in [6.45, 7) is 6.89. The molecular formula is C20H25FN2O4S. The van der Waals surface area contributed by atoms with Gasteiger partial charge < -0.3 is 10.0 Å². The molecule has 6 nitrogen and oxygen atoms in total. The Hall–Kier alpha value is -2.61. The molecule has 2 aromatic carbocycles. The predicted molar refractivity (Wildman–Crippen MR) is 108 cm³/mol. The van der Waals surface area contributed by atoms with E-state index in [2.05, 4.69) is 11.6 Å². The van der Waals surface area contributed by atoms with Crippen LogP contribution < -0.4 is 9.62 Å². The van der Waals surface area contributed by atoms with Crippen molar-refractivity contribution in [2.45, 2.75) is 38.5 Å². The third kappa shape index (κ3) is 5.01. The van der Waals surface area contributed by atoms with Crippen molar-refractivity contribution in [2.24, 2.45) is 0 Å². The van der Waals surface area contributed by atoms with Gasteiger partial charge in [-0.2, -0.15) is 0 Å². The van der Waals surface area contributed by atoms with Crippen molar-refractivity contribution in [3.05, 3.63) is 53.3 Å². The molecule has 0 bridgehead atoms. The van der Waals surface area contributed by atoms with Gasteiger partial charge in [-0.25, -0.2) is 17.6 Å². The Morgan fingerprint density at radius 2 is 1.89 bits per heavy atom. The van der Waals surface area contributed by atoms with Crippen molar-refractivity contribution >= 4 is 27.4 Å². The molecule has 0 saturated carbocycles. The molecule has 152 valence electrons. The average Bonchev–Trinajstić information content (AvgIpc) is 2.64. The molecule has 0 saturated heterocycles. The summed E-state index contributed by atoms with van der Waals surface area (Å²) in [6, 6.07) is 7.90. The zero-order chi connectivity index (χ0) is 20.9. The molecule has 0 heterocycles. The fourth-order valence-corrected chi connectivity index (χ4v) is 4.22. The lowest BCUT2D eigenvalue weighted by Gasteiger charge is -2.25. The minimum atomic E-state index is -4.06. The van der Waals surface area contributed by atoms with Crippen LogP contribution in [0.1, 0.15) is 42.6 Å². The topological polar surface area (TPSA) is 86.7 Å². The first-order valence-corrected chi connectivity index (χ1v) is 10.6. The van der Waals surface area contributed by atoms with Crippen molar-refractivity contribution in [3.63, 3.8) is 0 Å². The predicted octanol–water partition coefficient (Wildman–Crippen LogP) is 4.26. The lowest BCUT2D eigenvalue weighted by Crippen LogP contribution is -2.26. The fourth-order valence-electron chi connectivity index (χ4n) is 2.92. The summed E-state index contributed by atoms with van der Waals surface area (Å²) in [5, 5.41) is 9.60. The van der Waals surface area contributed by atoms with Gasteiger partial charge in [-0.3, -0.25) is 4.72 Å². The SMILES string of the molecule is CCCCN(CC)c1ccc(NS(=O)(=O)c2cc(F)ccc2C)cc1C(=O)O. The second-order valence-electron chi connectivity index (χ2n) is 6.49. The maximum absolute atomic E-state index is 13.5. The van der Waals surface area contributed by atoms with Crippen molar-refractivity contribution in [3.8, 4) is 0 Å². The van der Waals surface area contributed by atoms with Crippen LogP contribution in [0.15, 0.2) is 41.3 Å². The van der Waals surface area contributed by atoms with Crippen LogP contribution in [0.25, 0.3) is 0 Å². The Morgan fingerprint density at radius 3 is 2.50 bits per heavy atom. The van der Waals surface area contributed by atoms with E-state index in [0.29, 0.717) is 24.3 Å². The Labute approximate surface area is 165 Å². The van der Waals surface area contributed by atoms with E-state index in [9.17, 15) is 22.7 Å². The molecule has 0 aliphatic carbocycles. The first kappa shape index (κ1) is 21.7. The summed E-state index contributed by atoms with van der Waals surface area (Å²) in [4.78, 5) is 13.5. The third-order valence-corrected chi connectivity index (χ3v) is 5.95. The van der Waals surface area contributed by atoms with Crippen LogP contribution in [0.4, 0.5) is 15.8 Å². The number of aryl methyl sites for hydroxylation is 1. The van der Waals surface area contributed by atoms with E-state index in [1.807, 2.05) is 11.8 Å². The highest BCUT2D eigenvalue weighted by atomic mass is 32.2. The van der Waals surface area contributed by atoms with Crippen molar-refractivity contribution in [2.75, 3.05) is 22.7 Å². The highest BCUT2D eigenvalue weighted by Gasteiger charge is 2.21. The number of carboxylic acids is 1. The van der Waals surface area contributed by atoms with E-state index in [1.54, 1.807) is 13.0 Å². The van der Waals surface area contributed by atoms with Crippen molar-refractivity contribution < 1.29 is 22.7 Å². The number of nitrogens with zero attached hydrogens (tertiary/aromatic N) is 1. The molecule has 0 fully saturated rings. The third-order valence-electron chi connectivity index (χ3n) is 4.42. The number of hydrogen-bond donors (Lipinski definition) is 2. The summed E-state index contributed by atoms with van der Waals surface area (Å²) < 4.78 is 41.1. The van der Waals surface area contributed by atoms with Crippen LogP contribution >= 0.6 is 0 Å². The molecule has 2 aromatic rings. The van der Waals surface area contributed by atoms with Crippen LogP contribution in [-0.2, 0) is 10.0 Å². The number of rotatable bonds is 9. The van der Waals surface area contributed by atoms with Crippen molar-refractivity contribution in [1.82, 2.24) is 0 Å². The van der Waals surface area contributed by atoms with Crippen LogP contribution in [0.2, 0.25) is 0 Å². The molecule has 0 amide bonds. The summed E-state index contributed by atoms with van der Waals surface area (Å²) in [5.41, 5.74) is 1.04. The summed E-state index contributed by atoms with van der Waals surface area (Å²) in [5.74, 6) is -1.81. The lowest BCUT2D eigenvalue weighted by atomic mass is 10.1. The monoisotopic (exact) mass is 408 g/mol. The van der Waals surface area contributed by atoms with Gasteiger partial charge in [-0.05, 0) is 56.2 Å². The first-order valence-electron chi connectivity index (χ1n) is 9.10. The quantitative estimate of drug-likeness (QED) is 0.647. The molecule has 28 heavy (non-hydrogen) atoms. The first-order chi connectivity index (χ1) is 13.2. The number of aromatic carboxylic acids is 1. The Bertz CT molecular complexity index is 961. The summed E-state index contributed by atoms with van der Waals surface area (Å²) in [6.07, 6.45) is 1.89. The van der Waals surface area contributed by atoms with Crippen LogP contribution in [-0.4, -0.2) is 32.6 Å². The second-order valence-corrected chi connectivity index (χ2v) is 8.14. The number of carbonyl (C=O) groups is 1. The molecular weight excluding hydrogens is 383 g/mol. The highest BCUT2D eigenvalue weighted by molar-refractivity contribution is 7.92. The van der Waals surface area contributed by atoms with Crippen LogP contribution in [0, 0.1) is 12.7 Å². The van der Waals surface area contributed by atoms with Crippen molar-refractivity contribution in [1.29, 1.82) is 0 Å². The zero-order valence-corrected chi connectivity index (χ0v) is 17.0. The number of halogens is 1. The van der Waals surface area contributed by atoms with Gasteiger partial charge >= 0.3 is 5.97 Å². The minimum absolute atomic E-state index is 0.00844. The Morgan fingerprint density at radius 1 is 1.18 bits per heavy atom. The number of unbranched alkanes of at least 4 members (excludes halogenated alkanes) is 1. The van der Waals surface area contributed by atoms with Gasteiger partial charge in [-0.1, -0.05) is 19.4 Å². The molecule has 8 heteroatoms. The van der Waals surface area contributed by atoms with Crippen LogP contribution in [0.3, 0.4) is 0 Å². The standard InChI is InChI=1S/C20H25FN2O4S/c1-4-6-11-23(5-2)18-10-9-16(13-17(18)20(24)25)22-28(26,27)19-12-15(21)8-7-14(19)3/h7-10,12-13,22H,4-6,11H2,1-3H3,(H,24,25). The smallest absolute Gasteiger partial charge is 0.337 e. The van der Waals surface area contributed by atoms with E-state index in [4.69, 9.17) is 0 Å². The number of nitrogens with one attached hydrogen (secondary N) is 1. The molecule has 0 atom stereocenters. The number of carboxylic acid groups (broad SMARTS) is 1. The lowest BCUT2D eigenvalue weighted by molar-refractivity contribution is 0.0697. The fraction of sp³-hybridized carbons (Fsp3) is 0.350. The molecule has 2 N–H and O–H groups in total.